The van der Waals surface area contributed by atoms with E-state index in [2.05, 4.69) is 6.92 Å². The molecule has 1 aliphatic heterocycles. The molecule has 1 saturated heterocycles. The highest BCUT2D eigenvalue weighted by atomic mass is 16.5. The van der Waals surface area contributed by atoms with Gasteiger partial charge in [0, 0.05) is 0 Å². The highest BCUT2D eigenvalue weighted by Crippen LogP contribution is 2.16. The van der Waals surface area contributed by atoms with E-state index in [1.807, 2.05) is 0 Å². The number of quaternary nitrogens is 1. The Morgan fingerprint density at radius 2 is 1.45 bits per heavy atom. The second-order valence-electron chi connectivity index (χ2n) is 6.46. The summed E-state index contributed by atoms with van der Waals surface area (Å²) in [7, 11) is 0. The van der Waals surface area contributed by atoms with Crippen molar-refractivity contribution < 1.29 is 14.3 Å². The van der Waals surface area contributed by atoms with Crippen molar-refractivity contribution in [3.63, 3.8) is 0 Å². The van der Waals surface area contributed by atoms with Gasteiger partial charge in [-0.25, -0.2) is 0 Å². The maximum atomic E-state index is 9.18. The van der Waals surface area contributed by atoms with Crippen LogP contribution < -0.4 is 0 Å². The summed E-state index contributed by atoms with van der Waals surface area (Å²) in [5.41, 5.74) is 0. The third-order valence-corrected chi connectivity index (χ3v) is 4.64. The van der Waals surface area contributed by atoms with Crippen LogP contribution in [-0.4, -0.2) is 49.2 Å². The fraction of sp³-hybridized carbons (Fsp3) is 1.00. The van der Waals surface area contributed by atoms with E-state index in [-0.39, 0.29) is 0 Å². The van der Waals surface area contributed by atoms with Gasteiger partial charge in [0.15, 0.2) is 6.73 Å². The van der Waals surface area contributed by atoms with Crippen molar-refractivity contribution >= 4 is 0 Å². The molecule has 120 valence electrons. The first-order chi connectivity index (χ1) is 9.83. The number of rotatable bonds is 13. The van der Waals surface area contributed by atoms with Crippen LogP contribution in [0.4, 0.5) is 0 Å². The summed E-state index contributed by atoms with van der Waals surface area (Å²) < 4.78 is 6.51. The van der Waals surface area contributed by atoms with E-state index in [4.69, 9.17) is 4.74 Å². The summed E-state index contributed by atoms with van der Waals surface area (Å²) in [5, 5.41) is 9.18. The summed E-state index contributed by atoms with van der Waals surface area (Å²) in [6.07, 6.45) is 13.9. The molecule has 1 rings (SSSR count). The molecule has 0 aliphatic carbocycles. The quantitative estimate of drug-likeness (QED) is 0.413. The standard InChI is InChI=1S/C17H36NO2/c1-2-3-4-5-6-7-8-9-10-11-12-18(13-15-19)14-16-20-17-18/h19H,2-17H2,1H3/q+1. The molecule has 0 aromatic carbocycles. The van der Waals surface area contributed by atoms with Gasteiger partial charge in [-0.2, -0.15) is 0 Å². The van der Waals surface area contributed by atoms with Crippen LogP contribution in [0.3, 0.4) is 0 Å². The number of ether oxygens (including phenoxy) is 1. The van der Waals surface area contributed by atoms with Crippen molar-refractivity contribution in [2.45, 2.75) is 71.1 Å². The third-order valence-electron chi connectivity index (χ3n) is 4.64. The lowest BCUT2D eigenvalue weighted by Gasteiger charge is -2.31. The van der Waals surface area contributed by atoms with E-state index in [1.165, 1.54) is 70.8 Å². The first-order valence-corrected chi connectivity index (χ1v) is 8.87. The molecule has 0 amide bonds. The van der Waals surface area contributed by atoms with E-state index >= 15 is 0 Å². The van der Waals surface area contributed by atoms with E-state index < -0.39 is 0 Å². The summed E-state index contributed by atoms with van der Waals surface area (Å²) in [4.78, 5) is 0. The number of unbranched alkanes of at least 4 members (excludes halogenated alkanes) is 9. The highest BCUT2D eigenvalue weighted by Gasteiger charge is 2.31. The Labute approximate surface area is 125 Å². The average molecular weight is 286 g/mol. The molecule has 1 unspecified atom stereocenters. The predicted octanol–water partition coefficient (Wildman–Crippen LogP) is 3.70. The minimum absolute atomic E-state index is 0.293. The smallest absolute Gasteiger partial charge is 0.183 e. The van der Waals surface area contributed by atoms with Gasteiger partial charge in [0.2, 0.25) is 0 Å². The van der Waals surface area contributed by atoms with Crippen molar-refractivity contribution in [2.24, 2.45) is 0 Å². The van der Waals surface area contributed by atoms with Crippen LogP contribution >= 0.6 is 0 Å². The molecule has 0 spiro atoms. The lowest BCUT2D eigenvalue weighted by Crippen LogP contribution is -2.48. The zero-order chi connectivity index (χ0) is 14.5. The van der Waals surface area contributed by atoms with Gasteiger partial charge in [0.25, 0.3) is 0 Å². The normalized spacial score (nSPS) is 22.5. The largest absolute Gasteiger partial charge is 0.391 e. The van der Waals surface area contributed by atoms with Gasteiger partial charge < -0.3 is 9.84 Å². The highest BCUT2D eigenvalue weighted by molar-refractivity contribution is 4.51. The lowest BCUT2D eigenvalue weighted by molar-refractivity contribution is -0.925. The van der Waals surface area contributed by atoms with Crippen LogP contribution in [-0.2, 0) is 4.74 Å². The minimum Gasteiger partial charge on any atom is -0.391 e. The van der Waals surface area contributed by atoms with Crippen molar-refractivity contribution in [3.05, 3.63) is 0 Å². The summed E-state index contributed by atoms with van der Waals surface area (Å²) in [6.45, 7) is 7.42. The van der Waals surface area contributed by atoms with E-state index in [0.717, 1.165) is 30.9 Å². The zero-order valence-electron chi connectivity index (χ0n) is 13.6. The molecule has 1 N–H and O–H groups in total. The van der Waals surface area contributed by atoms with Crippen LogP contribution in [0, 0.1) is 0 Å². The molecule has 0 aromatic heterocycles. The molecular weight excluding hydrogens is 250 g/mol. The van der Waals surface area contributed by atoms with Crippen LogP contribution in [0.25, 0.3) is 0 Å². The number of aliphatic hydroxyl groups is 1. The van der Waals surface area contributed by atoms with Gasteiger partial charge in [-0.15, -0.1) is 0 Å². The second-order valence-corrected chi connectivity index (χ2v) is 6.46. The maximum absolute atomic E-state index is 9.18. The number of aliphatic hydroxyl groups excluding tert-OH is 1. The van der Waals surface area contributed by atoms with Gasteiger partial charge in [-0.05, 0) is 12.8 Å². The zero-order valence-corrected chi connectivity index (χ0v) is 13.6. The third kappa shape index (κ3) is 7.61. The Bertz CT molecular complexity index is 215. The van der Waals surface area contributed by atoms with Crippen molar-refractivity contribution in [1.82, 2.24) is 0 Å². The maximum Gasteiger partial charge on any atom is 0.183 e. The van der Waals surface area contributed by atoms with E-state index in [0.29, 0.717) is 6.61 Å². The molecule has 0 bridgehead atoms. The molecule has 3 nitrogen and oxygen atoms in total. The van der Waals surface area contributed by atoms with Crippen LogP contribution in [0.1, 0.15) is 71.1 Å². The Morgan fingerprint density at radius 3 is 1.95 bits per heavy atom. The molecule has 1 heterocycles. The van der Waals surface area contributed by atoms with E-state index in [9.17, 15) is 5.11 Å². The molecule has 1 atom stereocenters. The Morgan fingerprint density at radius 1 is 0.850 bits per heavy atom. The van der Waals surface area contributed by atoms with Crippen molar-refractivity contribution in [2.75, 3.05) is 39.6 Å². The molecular formula is C17H36NO2+. The number of hydrogen-bond donors (Lipinski definition) is 1. The van der Waals surface area contributed by atoms with Crippen LogP contribution in [0.5, 0.6) is 0 Å². The van der Waals surface area contributed by atoms with Gasteiger partial charge in [-0.3, -0.25) is 4.48 Å². The number of hydrogen-bond acceptors (Lipinski definition) is 2. The van der Waals surface area contributed by atoms with Gasteiger partial charge in [-0.1, -0.05) is 58.3 Å². The molecule has 20 heavy (non-hydrogen) atoms. The fourth-order valence-corrected chi connectivity index (χ4v) is 3.19. The molecule has 0 radical (unpaired) electrons. The fourth-order valence-electron chi connectivity index (χ4n) is 3.19. The van der Waals surface area contributed by atoms with Gasteiger partial charge >= 0.3 is 0 Å². The predicted molar refractivity (Wildman–Crippen MR) is 84.6 cm³/mol. The lowest BCUT2D eigenvalue weighted by atomic mass is 10.1. The van der Waals surface area contributed by atoms with Crippen LogP contribution in [0.15, 0.2) is 0 Å². The Kier molecular flexibility index (Phi) is 10.3. The monoisotopic (exact) mass is 286 g/mol. The second kappa shape index (κ2) is 11.5. The summed E-state index contributed by atoms with van der Waals surface area (Å²) >= 11 is 0. The molecule has 3 heteroatoms. The van der Waals surface area contributed by atoms with Crippen LogP contribution in [0.2, 0.25) is 0 Å². The number of nitrogens with zero attached hydrogens (tertiary/aromatic N) is 1. The first kappa shape index (κ1) is 17.9. The molecule has 1 fully saturated rings. The Balaban J connectivity index is 1.91. The summed E-state index contributed by atoms with van der Waals surface area (Å²) in [6, 6.07) is 0. The molecule has 0 saturated carbocycles. The van der Waals surface area contributed by atoms with Gasteiger partial charge in [0.05, 0.1) is 13.2 Å². The van der Waals surface area contributed by atoms with Crippen molar-refractivity contribution in [3.8, 4) is 0 Å². The van der Waals surface area contributed by atoms with E-state index in [1.54, 1.807) is 0 Å². The topological polar surface area (TPSA) is 29.5 Å². The van der Waals surface area contributed by atoms with Gasteiger partial charge in [0.1, 0.15) is 19.7 Å². The Hall–Kier alpha value is -0.120. The van der Waals surface area contributed by atoms with Crippen molar-refractivity contribution in [1.29, 1.82) is 0 Å². The first-order valence-electron chi connectivity index (χ1n) is 8.87. The SMILES string of the molecule is CCCCCCCCCCCC[N+]1(CCO)CCOC1. The summed E-state index contributed by atoms with van der Waals surface area (Å²) in [5.74, 6) is 0. The molecule has 1 aliphatic rings. The average Bonchev–Trinajstić information content (AvgIpc) is 2.90. The molecule has 0 aromatic rings. The minimum atomic E-state index is 0.293.